The molecule has 0 N–H and O–H groups in total. The summed E-state index contributed by atoms with van der Waals surface area (Å²) in [6, 6.07) is 32.9. The molecule has 0 aromatic heterocycles. The second-order valence-corrected chi connectivity index (χ2v) is 9.30. The quantitative estimate of drug-likeness (QED) is 0.190. The van der Waals surface area contributed by atoms with Crippen molar-refractivity contribution in [3.63, 3.8) is 0 Å². The maximum atomic E-state index is 13.0. The van der Waals surface area contributed by atoms with Gasteiger partial charge in [0.25, 0.3) is 6.29 Å². The first-order valence-corrected chi connectivity index (χ1v) is 13.4. The highest BCUT2D eigenvalue weighted by Crippen LogP contribution is 2.27. The van der Waals surface area contributed by atoms with Gasteiger partial charge in [0.15, 0.2) is 11.9 Å². The summed E-state index contributed by atoms with van der Waals surface area (Å²) in [5.41, 5.74) is 1.02. The number of hydrogen-bond acceptors (Lipinski definition) is 9. The van der Waals surface area contributed by atoms with Crippen LogP contribution in [0.5, 0.6) is 0 Å². The number of rotatable bonds is 9. The Bertz CT molecular complexity index is 1590. The maximum absolute atomic E-state index is 13.0. The van der Waals surface area contributed by atoms with Gasteiger partial charge < -0.3 is 23.7 Å². The summed E-state index contributed by atoms with van der Waals surface area (Å²) >= 11 is 0. The number of esters is 4. The molecule has 0 saturated carbocycles. The molecule has 5 rings (SSSR count). The van der Waals surface area contributed by atoms with E-state index in [0.717, 1.165) is 0 Å². The Morgan fingerprint density at radius 1 is 0.535 bits per heavy atom. The molecule has 0 radical (unpaired) electrons. The zero-order valence-electron chi connectivity index (χ0n) is 22.7. The molecule has 0 amide bonds. The van der Waals surface area contributed by atoms with E-state index in [1.165, 1.54) is 6.08 Å². The van der Waals surface area contributed by atoms with Gasteiger partial charge in [-0.3, -0.25) is 0 Å². The molecule has 1 aliphatic rings. The lowest BCUT2D eigenvalue weighted by molar-refractivity contribution is -0.179. The molecule has 4 aromatic carbocycles. The van der Waals surface area contributed by atoms with Gasteiger partial charge in [0.2, 0.25) is 0 Å². The minimum Gasteiger partial charge on any atom is -0.459 e. The summed E-state index contributed by atoms with van der Waals surface area (Å²) < 4.78 is 28.4. The van der Waals surface area contributed by atoms with Crippen molar-refractivity contribution in [2.24, 2.45) is 0 Å². The van der Waals surface area contributed by atoms with Crippen LogP contribution in [-0.4, -0.2) is 49.0 Å². The van der Waals surface area contributed by atoms with Crippen LogP contribution in [0.4, 0.5) is 0 Å². The molecule has 0 unspecified atom stereocenters. The van der Waals surface area contributed by atoms with Crippen LogP contribution in [0, 0.1) is 0 Å². The summed E-state index contributed by atoms with van der Waals surface area (Å²) in [6.07, 6.45) is -2.54. The Morgan fingerprint density at radius 3 is 1.44 bits per heavy atom. The lowest BCUT2D eigenvalue weighted by atomic mass is 10.1. The monoisotopic (exact) mass is 578 g/mol. The molecule has 4 aromatic rings. The van der Waals surface area contributed by atoms with Gasteiger partial charge in [-0.25, -0.2) is 19.2 Å². The van der Waals surface area contributed by atoms with E-state index in [1.54, 1.807) is 121 Å². The fraction of sp³-hybridized carbons (Fsp3) is 0.118. The van der Waals surface area contributed by atoms with E-state index in [4.69, 9.17) is 23.7 Å². The summed E-state index contributed by atoms with van der Waals surface area (Å²) in [5, 5.41) is 0. The second kappa shape index (κ2) is 13.9. The van der Waals surface area contributed by atoms with Crippen molar-refractivity contribution >= 4 is 23.9 Å². The molecular formula is C34H26O9. The van der Waals surface area contributed by atoms with Gasteiger partial charge in [-0.2, -0.15) is 0 Å². The van der Waals surface area contributed by atoms with E-state index in [1.807, 2.05) is 0 Å². The van der Waals surface area contributed by atoms with Crippen LogP contribution in [0.3, 0.4) is 0 Å². The number of ether oxygens (including phenoxy) is 5. The third kappa shape index (κ3) is 7.60. The van der Waals surface area contributed by atoms with Gasteiger partial charge in [-0.1, -0.05) is 72.8 Å². The molecule has 0 spiro atoms. The predicted octanol–water partition coefficient (Wildman–Crippen LogP) is 5.39. The zero-order valence-corrected chi connectivity index (χ0v) is 22.7. The minimum atomic E-state index is -1.53. The first-order valence-electron chi connectivity index (χ1n) is 13.4. The molecule has 216 valence electrons. The fourth-order valence-corrected chi connectivity index (χ4v) is 4.12. The summed E-state index contributed by atoms with van der Waals surface area (Å²) in [5.74, 6) is -3.06. The number of carbonyl (C=O) groups is 4. The van der Waals surface area contributed by atoms with Crippen molar-refractivity contribution in [3.05, 3.63) is 155 Å². The molecule has 3 atom stereocenters. The Morgan fingerprint density at radius 2 is 0.953 bits per heavy atom. The Labute approximate surface area is 247 Å². The van der Waals surface area contributed by atoms with Crippen molar-refractivity contribution in [2.75, 3.05) is 6.61 Å². The van der Waals surface area contributed by atoms with Crippen LogP contribution in [-0.2, 0) is 23.7 Å². The van der Waals surface area contributed by atoms with E-state index in [-0.39, 0.29) is 29.1 Å². The first-order chi connectivity index (χ1) is 21.0. The van der Waals surface area contributed by atoms with Crippen molar-refractivity contribution in [1.29, 1.82) is 0 Å². The average Bonchev–Trinajstić information content (AvgIpc) is 3.06. The second-order valence-electron chi connectivity index (χ2n) is 9.30. The van der Waals surface area contributed by atoms with E-state index < -0.39 is 42.4 Å². The first kappa shape index (κ1) is 29.0. The molecule has 1 heterocycles. The molecule has 0 aliphatic carbocycles. The van der Waals surface area contributed by atoms with Crippen LogP contribution in [0.1, 0.15) is 41.4 Å². The number of hydrogen-bond donors (Lipinski definition) is 0. The van der Waals surface area contributed by atoms with Crippen molar-refractivity contribution < 1.29 is 42.9 Å². The Kier molecular flexibility index (Phi) is 9.35. The van der Waals surface area contributed by atoms with Crippen LogP contribution >= 0.6 is 0 Å². The highest BCUT2D eigenvalue weighted by Gasteiger charge is 2.40. The Hall–Kier alpha value is -5.54. The van der Waals surface area contributed by atoms with Crippen LogP contribution in [0.25, 0.3) is 0 Å². The molecule has 0 bridgehead atoms. The molecule has 1 aliphatic heterocycles. The van der Waals surface area contributed by atoms with Crippen LogP contribution < -0.4 is 0 Å². The SMILES string of the molecule is O=C(OC[C@@H]1O[C@@H](OC(=O)c2ccccc2)C(OC(=O)c2ccccc2)=C[C@@H]1OC(=O)c1ccccc1)c1ccccc1. The van der Waals surface area contributed by atoms with Gasteiger partial charge in [-0.15, -0.1) is 0 Å². The smallest absolute Gasteiger partial charge is 0.343 e. The molecule has 9 nitrogen and oxygen atoms in total. The predicted molar refractivity (Wildman–Crippen MR) is 153 cm³/mol. The maximum Gasteiger partial charge on any atom is 0.343 e. The van der Waals surface area contributed by atoms with Crippen molar-refractivity contribution in [3.8, 4) is 0 Å². The largest absolute Gasteiger partial charge is 0.459 e. The number of carbonyl (C=O) groups excluding carboxylic acids is 4. The highest BCUT2D eigenvalue weighted by molar-refractivity contribution is 5.91. The van der Waals surface area contributed by atoms with E-state index >= 15 is 0 Å². The Balaban J connectivity index is 1.44. The molecule has 43 heavy (non-hydrogen) atoms. The van der Waals surface area contributed by atoms with Crippen LogP contribution in [0.15, 0.2) is 133 Å². The van der Waals surface area contributed by atoms with Gasteiger partial charge >= 0.3 is 23.9 Å². The zero-order chi connectivity index (χ0) is 30.0. The standard InChI is InChI=1S/C34H26O9/c35-30(23-13-5-1-6-14-23)39-22-29-27(40-31(36)24-15-7-2-8-16-24)21-28(41-32(37)25-17-9-3-10-18-25)34(42-29)43-33(38)26-19-11-4-12-20-26/h1-21,27,29,34H,22H2/t27-,29-,34-/m0/s1. The van der Waals surface area contributed by atoms with Gasteiger partial charge in [-0.05, 0) is 48.5 Å². The third-order valence-electron chi connectivity index (χ3n) is 6.31. The molecule has 0 fully saturated rings. The van der Waals surface area contributed by atoms with Gasteiger partial charge in [0.05, 0.1) is 22.3 Å². The summed E-state index contributed by atoms with van der Waals surface area (Å²) in [4.78, 5) is 51.7. The van der Waals surface area contributed by atoms with Gasteiger partial charge in [0.1, 0.15) is 12.7 Å². The van der Waals surface area contributed by atoms with Gasteiger partial charge in [0, 0.05) is 6.08 Å². The topological polar surface area (TPSA) is 114 Å². The van der Waals surface area contributed by atoms with E-state index in [9.17, 15) is 19.2 Å². The average molecular weight is 579 g/mol. The lowest BCUT2D eigenvalue weighted by Gasteiger charge is -2.34. The lowest BCUT2D eigenvalue weighted by Crippen LogP contribution is -2.45. The van der Waals surface area contributed by atoms with E-state index in [2.05, 4.69) is 0 Å². The van der Waals surface area contributed by atoms with Crippen molar-refractivity contribution in [2.45, 2.75) is 18.5 Å². The minimum absolute atomic E-state index is 0.213. The fourth-order valence-electron chi connectivity index (χ4n) is 4.12. The third-order valence-corrected chi connectivity index (χ3v) is 6.31. The molecule has 9 heteroatoms. The van der Waals surface area contributed by atoms with Crippen molar-refractivity contribution in [1.82, 2.24) is 0 Å². The van der Waals surface area contributed by atoms with Crippen LogP contribution in [0.2, 0.25) is 0 Å². The summed E-state index contributed by atoms with van der Waals surface area (Å²) in [6.45, 7) is -0.379. The highest BCUT2D eigenvalue weighted by atomic mass is 16.7. The normalized spacial score (nSPS) is 17.6. The molecule has 0 saturated heterocycles. The number of benzene rings is 4. The molecular weight excluding hydrogens is 552 g/mol. The summed E-state index contributed by atoms with van der Waals surface area (Å²) in [7, 11) is 0. The van der Waals surface area contributed by atoms with E-state index in [0.29, 0.717) is 5.56 Å².